The second-order valence-corrected chi connectivity index (χ2v) is 9.30. The predicted molar refractivity (Wildman–Crippen MR) is 120 cm³/mol. The molecule has 2 aliphatic rings. The normalized spacial score (nSPS) is 16.7. The molecule has 0 bridgehead atoms. The summed E-state index contributed by atoms with van der Waals surface area (Å²) in [7, 11) is 0. The molecule has 2 aromatic carbocycles. The molecule has 4 rings (SSSR count). The van der Waals surface area contributed by atoms with Crippen LogP contribution in [0.4, 0.5) is 14.9 Å². The number of rotatable bonds is 4. The molecule has 2 heterocycles. The summed E-state index contributed by atoms with van der Waals surface area (Å²) in [4.78, 5) is 40.6. The van der Waals surface area contributed by atoms with E-state index in [9.17, 15) is 18.8 Å². The van der Waals surface area contributed by atoms with Crippen LogP contribution in [0.15, 0.2) is 42.5 Å². The third-order valence-electron chi connectivity index (χ3n) is 5.71. The molecule has 1 saturated heterocycles. The smallest absolute Gasteiger partial charge is 0.410 e. The molecule has 1 fully saturated rings. The highest BCUT2D eigenvalue weighted by atomic mass is 19.1. The summed E-state index contributed by atoms with van der Waals surface area (Å²) in [6.45, 7) is 6.72. The minimum Gasteiger partial charge on any atom is -0.488 e. The van der Waals surface area contributed by atoms with Gasteiger partial charge in [-0.25, -0.2) is 14.1 Å². The highest BCUT2D eigenvalue weighted by Crippen LogP contribution is 2.37. The summed E-state index contributed by atoms with van der Waals surface area (Å²) in [6, 6.07) is 10.7. The molecule has 0 spiro atoms. The first-order valence-electron chi connectivity index (χ1n) is 11.0. The Morgan fingerprint density at radius 1 is 1.00 bits per heavy atom. The minimum atomic E-state index is -0.643. The maximum atomic E-state index is 14.7. The van der Waals surface area contributed by atoms with Gasteiger partial charge in [0.1, 0.15) is 5.60 Å². The monoisotopic (exact) mass is 454 g/mol. The fraction of sp³-hybridized carbons (Fsp3) is 0.400. The minimum absolute atomic E-state index is 0.0902. The van der Waals surface area contributed by atoms with Crippen molar-refractivity contribution >= 4 is 23.6 Å². The van der Waals surface area contributed by atoms with Crippen molar-refractivity contribution < 1.29 is 28.2 Å². The number of fused-ring (bicyclic) bond motifs is 1. The van der Waals surface area contributed by atoms with Crippen LogP contribution >= 0.6 is 0 Å². The van der Waals surface area contributed by atoms with Crippen LogP contribution in [-0.2, 0) is 4.74 Å². The van der Waals surface area contributed by atoms with Gasteiger partial charge in [-0.3, -0.25) is 9.59 Å². The molecule has 0 N–H and O–H groups in total. The highest BCUT2D eigenvalue weighted by Gasteiger charge is 2.38. The Hall–Kier alpha value is -3.42. The van der Waals surface area contributed by atoms with Crippen LogP contribution in [0.1, 0.15) is 54.3 Å². The van der Waals surface area contributed by atoms with Crippen molar-refractivity contribution in [1.82, 2.24) is 4.90 Å². The zero-order chi connectivity index (χ0) is 23.8. The molecule has 0 aromatic heterocycles. The first kappa shape index (κ1) is 22.8. The van der Waals surface area contributed by atoms with Gasteiger partial charge in [0.05, 0.1) is 23.4 Å². The van der Waals surface area contributed by atoms with Gasteiger partial charge in [0.15, 0.2) is 11.6 Å². The Kier molecular flexibility index (Phi) is 6.10. The third kappa shape index (κ3) is 4.69. The zero-order valence-electron chi connectivity index (χ0n) is 19.0. The molecule has 174 valence electrons. The van der Waals surface area contributed by atoms with Crippen molar-refractivity contribution in [2.45, 2.75) is 39.2 Å². The molecule has 0 saturated carbocycles. The van der Waals surface area contributed by atoms with E-state index in [0.29, 0.717) is 25.9 Å². The van der Waals surface area contributed by atoms with E-state index in [-0.39, 0.29) is 41.2 Å². The lowest BCUT2D eigenvalue weighted by Crippen LogP contribution is -2.42. The van der Waals surface area contributed by atoms with Crippen LogP contribution in [0.3, 0.4) is 0 Å². The number of ether oxygens (including phenoxy) is 2. The number of imide groups is 1. The Labute approximate surface area is 192 Å². The third-order valence-corrected chi connectivity index (χ3v) is 5.71. The first-order valence-corrected chi connectivity index (χ1v) is 11.0. The van der Waals surface area contributed by atoms with Gasteiger partial charge in [-0.15, -0.1) is 0 Å². The largest absolute Gasteiger partial charge is 0.488 e. The topological polar surface area (TPSA) is 76.2 Å². The summed E-state index contributed by atoms with van der Waals surface area (Å²) in [5.41, 5.74) is 0.106. The fourth-order valence-corrected chi connectivity index (χ4v) is 4.03. The molecule has 0 radical (unpaired) electrons. The number of carbonyl (C=O) groups excluding carboxylic acids is 3. The van der Waals surface area contributed by atoms with Crippen molar-refractivity contribution in [3.05, 3.63) is 59.4 Å². The molecule has 2 aliphatic heterocycles. The molecule has 0 aliphatic carbocycles. The number of carbonyl (C=O) groups is 3. The zero-order valence-corrected chi connectivity index (χ0v) is 19.0. The summed E-state index contributed by atoms with van der Waals surface area (Å²) in [5.74, 6) is -1.68. The van der Waals surface area contributed by atoms with E-state index in [0.717, 1.165) is 4.90 Å². The van der Waals surface area contributed by atoms with Gasteiger partial charge in [-0.2, -0.15) is 0 Å². The molecular formula is C25H27FN2O5. The standard InChI is InChI=1S/C25H27FN2O5/c1-25(2,3)33-24(31)27-13-11-16(12-14-27)15-32-21-19(26)9-6-10-20(21)28-22(29)17-7-4-5-8-18(17)23(28)30/h4-10,16H,11-15H2,1-3H3. The van der Waals surface area contributed by atoms with Crippen LogP contribution in [-0.4, -0.2) is 48.1 Å². The molecule has 0 atom stereocenters. The number of anilines is 1. The average Bonchev–Trinajstić information content (AvgIpc) is 3.02. The van der Waals surface area contributed by atoms with Gasteiger partial charge in [-0.05, 0) is 63.8 Å². The Balaban J connectivity index is 1.43. The lowest BCUT2D eigenvalue weighted by Gasteiger charge is -2.33. The molecular weight excluding hydrogens is 427 g/mol. The SMILES string of the molecule is CC(C)(C)OC(=O)N1CCC(COc2c(F)cccc2N2C(=O)c3ccccc3C2=O)CC1. The van der Waals surface area contributed by atoms with Gasteiger partial charge in [0.2, 0.25) is 0 Å². The van der Waals surface area contributed by atoms with Crippen LogP contribution in [0, 0.1) is 11.7 Å². The van der Waals surface area contributed by atoms with Crippen molar-refractivity contribution in [2.75, 3.05) is 24.6 Å². The number of benzene rings is 2. The number of amides is 3. The van der Waals surface area contributed by atoms with Crippen molar-refractivity contribution in [2.24, 2.45) is 5.92 Å². The van der Waals surface area contributed by atoms with Crippen LogP contribution in [0.5, 0.6) is 5.75 Å². The van der Waals surface area contributed by atoms with Crippen molar-refractivity contribution in [3.63, 3.8) is 0 Å². The van der Waals surface area contributed by atoms with E-state index in [4.69, 9.17) is 9.47 Å². The van der Waals surface area contributed by atoms with Crippen LogP contribution in [0.25, 0.3) is 0 Å². The van der Waals surface area contributed by atoms with Crippen LogP contribution in [0.2, 0.25) is 0 Å². The molecule has 2 aromatic rings. The Morgan fingerprint density at radius 3 is 2.18 bits per heavy atom. The van der Waals surface area contributed by atoms with E-state index >= 15 is 0 Å². The maximum absolute atomic E-state index is 14.7. The van der Waals surface area contributed by atoms with Crippen molar-refractivity contribution in [3.8, 4) is 5.75 Å². The summed E-state index contributed by atoms with van der Waals surface area (Å²) >= 11 is 0. The summed E-state index contributed by atoms with van der Waals surface area (Å²) < 4.78 is 26.0. The number of hydrogen-bond acceptors (Lipinski definition) is 5. The molecule has 8 heteroatoms. The van der Waals surface area contributed by atoms with Gasteiger partial charge in [0, 0.05) is 13.1 Å². The quantitative estimate of drug-likeness (QED) is 0.629. The maximum Gasteiger partial charge on any atom is 0.410 e. The summed E-state index contributed by atoms with van der Waals surface area (Å²) in [6.07, 6.45) is 1.01. The van der Waals surface area contributed by atoms with E-state index in [2.05, 4.69) is 0 Å². The van der Waals surface area contributed by atoms with Gasteiger partial charge in [0.25, 0.3) is 11.8 Å². The number of halogens is 1. The number of likely N-dealkylation sites (tertiary alicyclic amines) is 1. The number of piperidine rings is 1. The summed E-state index contributed by atoms with van der Waals surface area (Å²) in [5, 5.41) is 0. The lowest BCUT2D eigenvalue weighted by atomic mass is 9.98. The van der Waals surface area contributed by atoms with E-state index < -0.39 is 23.2 Å². The highest BCUT2D eigenvalue weighted by molar-refractivity contribution is 6.34. The first-order chi connectivity index (χ1) is 15.7. The van der Waals surface area contributed by atoms with E-state index in [1.54, 1.807) is 29.2 Å². The average molecular weight is 454 g/mol. The lowest BCUT2D eigenvalue weighted by molar-refractivity contribution is 0.0164. The van der Waals surface area contributed by atoms with Gasteiger partial charge >= 0.3 is 6.09 Å². The molecule has 33 heavy (non-hydrogen) atoms. The predicted octanol–water partition coefficient (Wildman–Crippen LogP) is 4.65. The van der Waals surface area contributed by atoms with Crippen molar-refractivity contribution in [1.29, 1.82) is 0 Å². The molecule has 3 amide bonds. The second kappa shape index (κ2) is 8.84. The second-order valence-electron chi connectivity index (χ2n) is 9.30. The number of nitrogens with zero attached hydrogens (tertiary/aromatic N) is 2. The van der Waals surface area contributed by atoms with Gasteiger partial charge < -0.3 is 14.4 Å². The van der Waals surface area contributed by atoms with E-state index in [1.807, 2.05) is 20.8 Å². The Morgan fingerprint density at radius 2 is 1.61 bits per heavy atom. The molecule has 7 nitrogen and oxygen atoms in total. The van der Waals surface area contributed by atoms with Gasteiger partial charge in [-0.1, -0.05) is 18.2 Å². The number of hydrogen-bond donors (Lipinski definition) is 0. The van der Waals surface area contributed by atoms with E-state index in [1.165, 1.54) is 18.2 Å². The van der Waals surface area contributed by atoms with Crippen LogP contribution < -0.4 is 9.64 Å². The number of para-hydroxylation sites is 1. The molecule has 0 unspecified atom stereocenters. The Bertz CT molecular complexity index is 1050. The fourth-order valence-electron chi connectivity index (χ4n) is 4.03.